The van der Waals surface area contributed by atoms with Gasteiger partial charge in [0.1, 0.15) is 0 Å². The number of carbonyl (C=O) groups is 1. The van der Waals surface area contributed by atoms with E-state index in [1.165, 1.54) is 0 Å². The summed E-state index contributed by atoms with van der Waals surface area (Å²) in [4.78, 5) is 27.4. The average molecular weight is 367 g/mol. The minimum Gasteiger partial charge on any atom is -0.348 e. The van der Waals surface area contributed by atoms with Gasteiger partial charge in [0.15, 0.2) is 0 Å². The molecule has 2 N–H and O–H groups in total. The average Bonchev–Trinajstić information content (AvgIpc) is 2.61. The molecule has 0 aliphatic heterocycles. The van der Waals surface area contributed by atoms with Crippen LogP contribution in [0.5, 0.6) is 0 Å². The molecule has 2 aromatic carbocycles. The third kappa shape index (κ3) is 3.70. The summed E-state index contributed by atoms with van der Waals surface area (Å²) in [6, 6.07) is 16.9. The molecule has 0 radical (unpaired) electrons. The van der Waals surface area contributed by atoms with Crippen molar-refractivity contribution in [2.45, 2.75) is 20.4 Å². The molecule has 3 aromatic rings. The molecular formula is C21H19ClN2O2. The largest absolute Gasteiger partial charge is 0.348 e. The SMILES string of the molecule is Cc1cc(C)c(CNC(=O)c2cccc(-c3ccccc3)c2Cl)c(=O)[nH]1. The number of aryl methyl sites for hydroxylation is 2. The van der Waals surface area contributed by atoms with E-state index in [1.807, 2.05) is 56.3 Å². The number of halogens is 1. The van der Waals surface area contributed by atoms with E-state index in [0.29, 0.717) is 16.1 Å². The molecule has 4 nitrogen and oxygen atoms in total. The molecule has 26 heavy (non-hydrogen) atoms. The first kappa shape index (κ1) is 18.0. The highest BCUT2D eigenvalue weighted by Gasteiger charge is 2.15. The number of aromatic nitrogens is 1. The second-order valence-corrected chi connectivity index (χ2v) is 6.54. The monoisotopic (exact) mass is 366 g/mol. The van der Waals surface area contributed by atoms with Crippen molar-refractivity contribution in [2.24, 2.45) is 0 Å². The first-order valence-electron chi connectivity index (χ1n) is 8.29. The van der Waals surface area contributed by atoms with Gasteiger partial charge in [0.05, 0.1) is 10.6 Å². The van der Waals surface area contributed by atoms with Crippen LogP contribution < -0.4 is 10.9 Å². The van der Waals surface area contributed by atoms with Crippen LogP contribution in [0.25, 0.3) is 11.1 Å². The van der Waals surface area contributed by atoms with Crippen LogP contribution in [0.1, 0.15) is 27.2 Å². The molecule has 0 spiro atoms. The van der Waals surface area contributed by atoms with Crippen molar-refractivity contribution in [1.82, 2.24) is 10.3 Å². The molecule has 0 saturated carbocycles. The second kappa shape index (κ2) is 7.58. The zero-order chi connectivity index (χ0) is 18.7. The minimum absolute atomic E-state index is 0.145. The van der Waals surface area contributed by atoms with Gasteiger partial charge in [-0.05, 0) is 37.1 Å². The number of rotatable bonds is 4. The zero-order valence-electron chi connectivity index (χ0n) is 14.6. The van der Waals surface area contributed by atoms with Gasteiger partial charge in [0.2, 0.25) is 0 Å². The van der Waals surface area contributed by atoms with Crippen molar-refractivity contribution >= 4 is 17.5 Å². The molecule has 132 valence electrons. The van der Waals surface area contributed by atoms with Crippen molar-refractivity contribution in [3.05, 3.63) is 92.4 Å². The predicted molar refractivity (Wildman–Crippen MR) is 105 cm³/mol. The van der Waals surface area contributed by atoms with Gasteiger partial charge in [0.25, 0.3) is 11.5 Å². The summed E-state index contributed by atoms with van der Waals surface area (Å²) in [6.07, 6.45) is 0. The number of hydrogen-bond donors (Lipinski definition) is 2. The lowest BCUT2D eigenvalue weighted by Gasteiger charge is -2.11. The van der Waals surface area contributed by atoms with Crippen molar-refractivity contribution in [3.63, 3.8) is 0 Å². The summed E-state index contributed by atoms with van der Waals surface area (Å²) in [6.45, 7) is 3.82. The van der Waals surface area contributed by atoms with E-state index < -0.39 is 0 Å². The van der Waals surface area contributed by atoms with E-state index in [0.717, 1.165) is 22.4 Å². The number of H-pyrrole nitrogens is 1. The normalized spacial score (nSPS) is 10.6. The molecule has 0 fully saturated rings. The topological polar surface area (TPSA) is 62.0 Å². The Morgan fingerprint density at radius 1 is 1.08 bits per heavy atom. The lowest BCUT2D eigenvalue weighted by Crippen LogP contribution is -2.28. The third-order valence-electron chi connectivity index (χ3n) is 4.25. The van der Waals surface area contributed by atoms with E-state index in [-0.39, 0.29) is 18.0 Å². The Bertz CT molecular complexity index is 1010. The fourth-order valence-corrected chi connectivity index (χ4v) is 3.23. The van der Waals surface area contributed by atoms with Crippen LogP contribution in [0.2, 0.25) is 5.02 Å². The smallest absolute Gasteiger partial charge is 0.253 e. The fourth-order valence-electron chi connectivity index (χ4n) is 2.91. The van der Waals surface area contributed by atoms with Crippen molar-refractivity contribution < 1.29 is 4.79 Å². The highest BCUT2D eigenvalue weighted by molar-refractivity contribution is 6.36. The molecule has 0 aliphatic carbocycles. The van der Waals surface area contributed by atoms with Gasteiger partial charge in [0, 0.05) is 23.4 Å². The van der Waals surface area contributed by atoms with E-state index in [2.05, 4.69) is 10.3 Å². The van der Waals surface area contributed by atoms with E-state index >= 15 is 0 Å². The van der Waals surface area contributed by atoms with Crippen LogP contribution in [0.15, 0.2) is 59.4 Å². The second-order valence-electron chi connectivity index (χ2n) is 6.16. The number of benzene rings is 2. The first-order chi connectivity index (χ1) is 12.5. The first-order valence-corrected chi connectivity index (χ1v) is 8.66. The highest BCUT2D eigenvalue weighted by atomic mass is 35.5. The summed E-state index contributed by atoms with van der Waals surface area (Å²) >= 11 is 6.47. The Labute approximate surface area is 156 Å². The molecule has 3 rings (SSSR count). The number of amides is 1. The van der Waals surface area contributed by atoms with Gasteiger partial charge >= 0.3 is 0 Å². The number of aromatic amines is 1. The van der Waals surface area contributed by atoms with Gasteiger partial charge in [-0.25, -0.2) is 0 Å². The van der Waals surface area contributed by atoms with Crippen LogP contribution >= 0.6 is 11.6 Å². The third-order valence-corrected chi connectivity index (χ3v) is 4.65. The van der Waals surface area contributed by atoms with E-state index in [9.17, 15) is 9.59 Å². The molecule has 0 saturated heterocycles. The van der Waals surface area contributed by atoms with Crippen molar-refractivity contribution in [2.75, 3.05) is 0 Å². The number of carbonyl (C=O) groups excluding carboxylic acids is 1. The van der Waals surface area contributed by atoms with E-state index in [4.69, 9.17) is 11.6 Å². The van der Waals surface area contributed by atoms with Crippen molar-refractivity contribution in [3.8, 4) is 11.1 Å². The molecular weight excluding hydrogens is 348 g/mol. The molecule has 0 atom stereocenters. The summed E-state index contributed by atoms with van der Waals surface area (Å²) in [5.41, 5.74) is 4.11. The Morgan fingerprint density at radius 2 is 1.81 bits per heavy atom. The highest BCUT2D eigenvalue weighted by Crippen LogP contribution is 2.30. The van der Waals surface area contributed by atoms with Gasteiger partial charge in [-0.2, -0.15) is 0 Å². The zero-order valence-corrected chi connectivity index (χ0v) is 15.4. The quantitative estimate of drug-likeness (QED) is 0.725. The van der Waals surface area contributed by atoms with Gasteiger partial charge in [-0.1, -0.05) is 54.1 Å². The fraction of sp³-hybridized carbons (Fsp3) is 0.143. The maximum Gasteiger partial charge on any atom is 0.253 e. The Kier molecular flexibility index (Phi) is 5.24. The van der Waals surface area contributed by atoms with E-state index in [1.54, 1.807) is 12.1 Å². The number of hydrogen-bond acceptors (Lipinski definition) is 2. The minimum atomic E-state index is -0.313. The molecule has 5 heteroatoms. The molecule has 0 unspecified atom stereocenters. The molecule has 1 heterocycles. The standard InChI is InChI=1S/C21H19ClN2O2/c1-13-11-14(2)24-21(26)18(13)12-23-20(25)17-10-6-9-16(19(17)22)15-7-4-3-5-8-15/h3-11H,12H2,1-2H3,(H,23,25)(H,24,26). The van der Waals surface area contributed by atoms with Crippen LogP contribution in [-0.2, 0) is 6.54 Å². The van der Waals surface area contributed by atoms with Crippen LogP contribution in [0, 0.1) is 13.8 Å². The lowest BCUT2D eigenvalue weighted by molar-refractivity contribution is 0.0951. The summed E-state index contributed by atoms with van der Waals surface area (Å²) in [5, 5.41) is 3.19. The molecule has 1 aromatic heterocycles. The molecule has 0 aliphatic rings. The maximum absolute atomic E-state index is 12.6. The molecule has 0 bridgehead atoms. The number of pyridine rings is 1. The molecule has 1 amide bonds. The maximum atomic E-state index is 12.6. The summed E-state index contributed by atoms with van der Waals surface area (Å²) in [7, 11) is 0. The van der Waals surface area contributed by atoms with Gasteiger partial charge in [-0.15, -0.1) is 0 Å². The Hall–Kier alpha value is -2.85. The van der Waals surface area contributed by atoms with Crippen molar-refractivity contribution in [1.29, 1.82) is 0 Å². The Balaban J connectivity index is 1.84. The lowest BCUT2D eigenvalue weighted by atomic mass is 10.0. The number of nitrogens with one attached hydrogen (secondary N) is 2. The van der Waals surface area contributed by atoms with Crippen LogP contribution in [0.4, 0.5) is 0 Å². The van der Waals surface area contributed by atoms with Gasteiger partial charge < -0.3 is 10.3 Å². The van der Waals surface area contributed by atoms with Crippen LogP contribution in [0.3, 0.4) is 0 Å². The Morgan fingerprint density at radius 3 is 2.50 bits per heavy atom. The van der Waals surface area contributed by atoms with Crippen LogP contribution in [-0.4, -0.2) is 10.9 Å². The summed E-state index contributed by atoms with van der Waals surface area (Å²) in [5.74, 6) is -0.313. The summed E-state index contributed by atoms with van der Waals surface area (Å²) < 4.78 is 0. The van der Waals surface area contributed by atoms with Gasteiger partial charge in [-0.3, -0.25) is 9.59 Å². The predicted octanol–water partition coefficient (Wildman–Crippen LogP) is 4.24.